The van der Waals surface area contributed by atoms with E-state index in [1.54, 1.807) is 25.1 Å². The Morgan fingerprint density at radius 2 is 1.74 bits per heavy atom. The van der Waals surface area contributed by atoms with E-state index in [4.69, 9.17) is 9.47 Å². The topological polar surface area (TPSA) is 77.5 Å². The molecule has 35 heavy (non-hydrogen) atoms. The van der Waals surface area contributed by atoms with Crippen molar-refractivity contribution in [3.8, 4) is 5.75 Å². The van der Waals surface area contributed by atoms with Gasteiger partial charge in [0, 0.05) is 5.57 Å². The minimum absolute atomic E-state index is 0.0872. The lowest BCUT2D eigenvalue weighted by Gasteiger charge is -2.10. The average Bonchev–Trinajstić information content (AvgIpc) is 3.25. The number of ether oxygens (including phenoxy) is 2. The molecule has 1 heterocycles. The molecule has 0 fully saturated rings. The SMILES string of the molecule is CCOC(=O)c1ccc2nc(NC(=O)/C(=C/c3ccc(OC(C)C)cc3)c3ccccc3)sc2c1. The van der Waals surface area contributed by atoms with Crippen LogP contribution in [0.25, 0.3) is 21.9 Å². The monoisotopic (exact) mass is 486 g/mol. The van der Waals surface area contributed by atoms with E-state index in [0.29, 0.717) is 28.4 Å². The molecule has 0 saturated carbocycles. The van der Waals surface area contributed by atoms with Crippen molar-refractivity contribution in [2.75, 3.05) is 11.9 Å². The molecule has 0 aliphatic carbocycles. The van der Waals surface area contributed by atoms with Crippen molar-refractivity contribution < 1.29 is 19.1 Å². The summed E-state index contributed by atoms with van der Waals surface area (Å²) in [7, 11) is 0. The molecule has 4 rings (SSSR count). The number of rotatable bonds is 8. The van der Waals surface area contributed by atoms with Crippen LogP contribution in [0.4, 0.5) is 5.13 Å². The molecule has 0 radical (unpaired) electrons. The molecular weight excluding hydrogens is 460 g/mol. The molecular formula is C28H26N2O4S. The Bertz CT molecular complexity index is 1360. The first-order chi connectivity index (χ1) is 16.9. The fraction of sp³-hybridized carbons (Fsp3) is 0.179. The summed E-state index contributed by atoms with van der Waals surface area (Å²) in [4.78, 5) is 29.9. The van der Waals surface area contributed by atoms with Gasteiger partial charge < -0.3 is 9.47 Å². The van der Waals surface area contributed by atoms with Crippen LogP contribution in [-0.4, -0.2) is 29.6 Å². The Morgan fingerprint density at radius 3 is 2.43 bits per heavy atom. The van der Waals surface area contributed by atoms with Crippen LogP contribution in [0.3, 0.4) is 0 Å². The van der Waals surface area contributed by atoms with Gasteiger partial charge in [-0.1, -0.05) is 53.8 Å². The highest BCUT2D eigenvalue weighted by atomic mass is 32.1. The predicted molar refractivity (Wildman–Crippen MR) is 141 cm³/mol. The molecule has 1 N–H and O–H groups in total. The quantitative estimate of drug-likeness (QED) is 0.176. The number of thiazole rings is 1. The van der Waals surface area contributed by atoms with Crippen molar-refractivity contribution >= 4 is 50.2 Å². The number of esters is 1. The highest BCUT2D eigenvalue weighted by Crippen LogP contribution is 2.29. The van der Waals surface area contributed by atoms with Gasteiger partial charge in [-0.05, 0) is 68.3 Å². The smallest absolute Gasteiger partial charge is 0.338 e. The fourth-order valence-corrected chi connectivity index (χ4v) is 4.36. The van der Waals surface area contributed by atoms with Gasteiger partial charge in [0.25, 0.3) is 5.91 Å². The van der Waals surface area contributed by atoms with Crippen molar-refractivity contribution in [3.05, 3.63) is 89.5 Å². The maximum absolute atomic E-state index is 13.4. The van der Waals surface area contributed by atoms with Gasteiger partial charge in [-0.25, -0.2) is 9.78 Å². The van der Waals surface area contributed by atoms with E-state index in [-0.39, 0.29) is 18.0 Å². The Labute approximate surface area is 208 Å². The van der Waals surface area contributed by atoms with Crippen LogP contribution >= 0.6 is 11.3 Å². The molecule has 6 nitrogen and oxygen atoms in total. The zero-order valence-electron chi connectivity index (χ0n) is 19.8. The zero-order chi connectivity index (χ0) is 24.8. The molecule has 0 unspecified atom stereocenters. The van der Waals surface area contributed by atoms with Crippen molar-refractivity contribution in [2.24, 2.45) is 0 Å². The Morgan fingerprint density at radius 1 is 1.00 bits per heavy atom. The summed E-state index contributed by atoms with van der Waals surface area (Å²) < 4.78 is 11.6. The third kappa shape index (κ3) is 6.13. The maximum Gasteiger partial charge on any atom is 0.338 e. The Kier molecular flexibility index (Phi) is 7.57. The number of amides is 1. The molecule has 7 heteroatoms. The van der Waals surface area contributed by atoms with Crippen LogP contribution in [0, 0.1) is 0 Å². The third-order valence-electron chi connectivity index (χ3n) is 5.01. The lowest BCUT2D eigenvalue weighted by atomic mass is 10.0. The van der Waals surface area contributed by atoms with E-state index in [0.717, 1.165) is 21.6 Å². The fourth-order valence-electron chi connectivity index (χ4n) is 3.46. The van der Waals surface area contributed by atoms with Gasteiger partial charge in [0.1, 0.15) is 5.75 Å². The predicted octanol–water partition coefficient (Wildman–Crippen LogP) is 6.44. The standard InChI is InChI=1S/C28H26N2O4S/c1-4-33-27(32)21-12-15-24-25(17-21)35-28(29-24)30-26(31)23(20-8-6-5-7-9-20)16-19-10-13-22(14-11-19)34-18(2)3/h5-18H,4H2,1-3H3,(H,29,30,31)/b23-16+. The first-order valence-corrected chi connectivity index (χ1v) is 12.2. The molecule has 0 spiro atoms. The first kappa shape index (κ1) is 24.2. The van der Waals surface area contributed by atoms with E-state index < -0.39 is 0 Å². The van der Waals surface area contributed by atoms with E-state index >= 15 is 0 Å². The molecule has 178 valence electrons. The van der Waals surface area contributed by atoms with Gasteiger partial charge >= 0.3 is 5.97 Å². The second-order valence-electron chi connectivity index (χ2n) is 8.04. The van der Waals surface area contributed by atoms with Gasteiger partial charge in [0.15, 0.2) is 5.13 Å². The van der Waals surface area contributed by atoms with E-state index in [1.807, 2.05) is 74.5 Å². The average molecular weight is 487 g/mol. The molecule has 1 aromatic heterocycles. The Balaban J connectivity index is 1.61. The largest absolute Gasteiger partial charge is 0.491 e. The number of anilines is 1. The van der Waals surface area contributed by atoms with Gasteiger partial charge in [-0.15, -0.1) is 0 Å². The van der Waals surface area contributed by atoms with Crippen LogP contribution in [0.15, 0.2) is 72.8 Å². The maximum atomic E-state index is 13.4. The summed E-state index contributed by atoms with van der Waals surface area (Å²) in [5, 5.41) is 3.37. The number of benzene rings is 3. The lowest BCUT2D eigenvalue weighted by Crippen LogP contribution is -2.13. The number of carbonyl (C=O) groups is 2. The minimum atomic E-state index is -0.382. The zero-order valence-corrected chi connectivity index (χ0v) is 20.6. The van der Waals surface area contributed by atoms with Crippen molar-refractivity contribution in [2.45, 2.75) is 26.9 Å². The van der Waals surface area contributed by atoms with Gasteiger partial charge in [-0.3, -0.25) is 10.1 Å². The number of fused-ring (bicyclic) bond motifs is 1. The molecule has 1 amide bonds. The summed E-state index contributed by atoms with van der Waals surface area (Å²) in [6.45, 7) is 6.03. The highest BCUT2D eigenvalue weighted by Gasteiger charge is 2.16. The first-order valence-electron chi connectivity index (χ1n) is 11.4. The van der Waals surface area contributed by atoms with Crippen molar-refractivity contribution in [1.82, 2.24) is 4.98 Å². The number of nitrogens with one attached hydrogen (secondary N) is 1. The molecule has 0 aliphatic rings. The second kappa shape index (κ2) is 11.0. The number of nitrogens with zero attached hydrogens (tertiary/aromatic N) is 1. The van der Waals surface area contributed by atoms with Crippen LogP contribution in [0.1, 0.15) is 42.3 Å². The minimum Gasteiger partial charge on any atom is -0.491 e. The summed E-state index contributed by atoms with van der Waals surface area (Å²) in [6, 6.07) is 22.3. The molecule has 0 aliphatic heterocycles. The van der Waals surface area contributed by atoms with E-state index in [9.17, 15) is 9.59 Å². The lowest BCUT2D eigenvalue weighted by molar-refractivity contribution is -0.111. The van der Waals surface area contributed by atoms with Crippen molar-refractivity contribution in [1.29, 1.82) is 0 Å². The number of hydrogen-bond donors (Lipinski definition) is 1. The second-order valence-corrected chi connectivity index (χ2v) is 9.07. The molecule has 0 saturated heterocycles. The van der Waals surface area contributed by atoms with Gasteiger partial charge in [0.05, 0.1) is 28.5 Å². The summed E-state index contributed by atoms with van der Waals surface area (Å²) in [6.07, 6.45) is 1.93. The van der Waals surface area contributed by atoms with Crippen LogP contribution < -0.4 is 10.1 Å². The molecule has 3 aromatic carbocycles. The summed E-state index contributed by atoms with van der Waals surface area (Å²) >= 11 is 1.31. The molecule has 0 bridgehead atoms. The molecule has 4 aromatic rings. The highest BCUT2D eigenvalue weighted by molar-refractivity contribution is 7.22. The van der Waals surface area contributed by atoms with E-state index in [1.165, 1.54) is 11.3 Å². The van der Waals surface area contributed by atoms with Gasteiger partial charge in [0.2, 0.25) is 0 Å². The van der Waals surface area contributed by atoms with Crippen LogP contribution in [-0.2, 0) is 9.53 Å². The summed E-state index contributed by atoms with van der Waals surface area (Å²) in [5.74, 6) is 0.121. The third-order valence-corrected chi connectivity index (χ3v) is 5.95. The van der Waals surface area contributed by atoms with Crippen LogP contribution in [0.5, 0.6) is 5.75 Å². The normalized spacial score (nSPS) is 11.5. The van der Waals surface area contributed by atoms with E-state index in [2.05, 4.69) is 10.3 Å². The number of aromatic nitrogens is 1. The Hall–Kier alpha value is -3.97. The summed E-state index contributed by atoms with van der Waals surface area (Å²) in [5.41, 5.74) is 3.33. The number of carbonyl (C=O) groups excluding carboxylic acids is 2. The van der Waals surface area contributed by atoms with Gasteiger partial charge in [-0.2, -0.15) is 0 Å². The molecule has 0 atom stereocenters. The van der Waals surface area contributed by atoms with Crippen LogP contribution in [0.2, 0.25) is 0 Å². The van der Waals surface area contributed by atoms with Crippen molar-refractivity contribution in [3.63, 3.8) is 0 Å². The number of hydrogen-bond acceptors (Lipinski definition) is 6.